The summed E-state index contributed by atoms with van der Waals surface area (Å²) < 4.78 is 27.2. The van der Waals surface area contributed by atoms with Crippen LogP contribution in [-0.2, 0) is 26.2 Å². The molecule has 2 rings (SSSR count). The maximum absolute atomic E-state index is 13.3. The molecule has 0 aromatic heterocycles. The predicted octanol–water partition coefficient (Wildman–Crippen LogP) is 3.00. The standard InChI is InChI=1S/C22H28BrN3O4S/c1-15-6-7-16(2)20(12-15)26(31(5,29)30)14-21(27)25(17(3)22(28)24-4)13-18-8-10-19(23)11-9-18/h6-12,17H,13-14H2,1-5H3,(H,24,28). The lowest BCUT2D eigenvalue weighted by Crippen LogP contribution is -2.50. The van der Waals surface area contributed by atoms with Crippen molar-refractivity contribution in [3.63, 3.8) is 0 Å². The number of carbonyl (C=O) groups excluding carboxylic acids is 2. The van der Waals surface area contributed by atoms with Gasteiger partial charge in [0.05, 0.1) is 11.9 Å². The zero-order valence-corrected chi connectivity index (χ0v) is 20.7. The van der Waals surface area contributed by atoms with E-state index < -0.39 is 28.5 Å². The number of aryl methyl sites for hydroxylation is 2. The first-order valence-electron chi connectivity index (χ1n) is 9.74. The fraction of sp³-hybridized carbons (Fsp3) is 0.364. The van der Waals surface area contributed by atoms with Crippen molar-refractivity contribution in [2.75, 3.05) is 24.2 Å². The monoisotopic (exact) mass is 509 g/mol. The maximum Gasteiger partial charge on any atom is 0.244 e. The molecular formula is C22H28BrN3O4S. The zero-order chi connectivity index (χ0) is 23.3. The van der Waals surface area contributed by atoms with Gasteiger partial charge in [-0.2, -0.15) is 0 Å². The summed E-state index contributed by atoms with van der Waals surface area (Å²) in [4.78, 5) is 27.0. The molecule has 0 saturated heterocycles. The molecule has 31 heavy (non-hydrogen) atoms. The Labute approximate surface area is 192 Å². The average Bonchev–Trinajstić information content (AvgIpc) is 2.71. The second-order valence-corrected chi connectivity index (χ2v) is 10.3. The van der Waals surface area contributed by atoms with Gasteiger partial charge in [-0.25, -0.2) is 8.42 Å². The van der Waals surface area contributed by atoms with Crippen molar-refractivity contribution in [3.8, 4) is 0 Å². The van der Waals surface area contributed by atoms with Crippen LogP contribution in [0.15, 0.2) is 46.9 Å². The third kappa shape index (κ3) is 6.54. The van der Waals surface area contributed by atoms with Gasteiger partial charge < -0.3 is 10.2 Å². The van der Waals surface area contributed by atoms with Gasteiger partial charge >= 0.3 is 0 Å². The van der Waals surface area contributed by atoms with Gasteiger partial charge in [0.1, 0.15) is 12.6 Å². The van der Waals surface area contributed by atoms with Gasteiger partial charge in [-0.15, -0.1) is 0 Å². The lowest BCUT2D eigenvalue weighted by Gasteiger charge is -2.31. The highest BCUT2D eigenvalue weighted by Crippen LogP contribution is 2.24. The molecule has 0 aliphatic rings. The highest BCUT2D eigenvalue weighted by Gasteiger charge is 2.30. The Bertz CT molecular complexity index is 1050. The summed E-state index contributed by atoms with van der Waals surface area (Å²) in [7, 11) is -2.24. The van der Waals surface area contributed by atoms with E-state index in [-0.39, 0.29) is 12.5 Å². The predicted molar refractivity (Wildman–Crippen MR) is 126 cm³/mol. The number of benzene rings is 2. The van der Waals surface area contributed by atoms with Gasteiger partial charge in [0, 0.05) is 18.1 Å². The molecule has 2 aromatic rings. The summed E-state index contributed by atoms with van der Waals surface area (Å²) in [6.45, 7) is 5.05. The molecule has 7 nitrogen and oxygen atoms in total. The number of likely N-dealkylation sites (N-methyl/N-ethyl adjacent to an activating group) is 1. The van der Waals surface area contributed by atoms with Gasteiger partial charge in [-0.3, -0.25) is 13.9 Å². The highest BCUT2D eigenvalue weighted by atomic mass is 79.9. The number of hydrogen-bond acceptors (Lipinski definition) is 4. The molecule has 0 aliphatic carbocycles. The number of sulfonamides is 1. The Hall–Kier alpha value is -2.39. The molecule has 2 aromatic carbocycles. The Balaban J connectivity index is 2.42. The molecule has 0 saturated carbocycles. The van der Waals surface area contributed by atoms with E-state index in [1.165, 1.54) is 11.9 Å². The van der Waals surface area contributed by atoms with Crippen LogP contribution in [0.1, 0.15) is 23.6 Å². The minimum absolute atomic E-state index is 0.172. The van der Waals surface area contributed by atoms with E-state index in [0.29, 0.717) is 5.69 Å². The topological polar surface area (TPSA) is 86.8 Å². The molecule has 0 heterocycles. The lowest BCUT2D eigenvalue weighted by atomic mass is 10.1. The van der Waals surface area contributed by atoms with Gasteiger partial charge in [0.2, 0.25) is 21.8 Å². The molecule has 0 bridgehead atoms. The van der Waals surface area contributed by atoms with E-state index in [1.54, 1.807) is 19.9 Å². The van der Waals surface area contributed by atoms with Crippen molar-refractivity contribution in [2.45, 2.75) is 33.4 Å². The van der Waals surface area contributed by atoms with E-state index in [4.69, 9.17) is 0 Å². The summed E-state index contributed by atoms with van der Waals surface area (Å²) in [5, 5.41) is 2.55. The normalized spacial score (nSPS) is 12.2. The van der Waals surface area contributed by atoms with E-state index in [2.05, 4.69) is 21.2 Å². The second kappa shape index (κ2) is 10.3. The van der Waals surface area contributed by atoms with Gasteiger partial charge in [-0.05, 0) is 55.7 Å². The molecule has 0 spiro atoms. The van der Waals surface area contributed by atoms with Crippen molar-refractivity contribution in [1.29, 1.82) is 0 Å². The van der Waals surface area contributed by atoms with Crippen LogP contribution in [0.3, 0.4) is 0 Å². The summed E-state index contributed by atoms with van der Waals surface area (Å²) >= 11 is 3.38. The van der Waals surface area contributed by atoms with Gasteiger partial charge in [-0.1, -0.05) is 40.2 Å². The van der Waals surface area contributed by atoms with E-state index in [0.717, 1.165) is 31.7 Å². The highest BCUT2D eigenvalue weighted by molar-refractivity contribution is 9.10. The molecule has 9 heteroatoms. The van der Waals surface area contributed by atoms with Gasteiger partial charge in [0.15, 0.2) is 0 Å². The fourth-order valence-electron chi connectivity index (χ4n) is 3.16. The number of rotatable bonds is 8. The van der Waals surface area contributed by atoms with Crippen LogP contribution >= 0.6 is 15.9 Å². The third-order valence-corrected chi connectivity index (χ3v) is 6.65. The summed E-state index contributed by atoms with van der Waals surface area (Å²) in [5.74, 6) is -0.798. The average molecular weight is 510 g/mol. The smallest absolute Gasteiger partial charge is 0.244 e. The first kappa shape index (κ1) is 24.9. The summed E-state index contributed by atoms with van der Waals surface area (Å²) in [5.41, 5.74) is 2.90. The Morgan fingerprint density at radius 2 is 1.71 bits per heavy atom. The van der Waals surface area contributed by atoms with Crippen molar-refractivity contribution in [3.05, 3.63) is 63.6 Å². The molecule has 168 valence electrons. The fourth-order valence-corrected chi connectivity index (χ4v) is 4.32. The molecule has 0 aliphatic heterocycles. The first-order chi connectivity index (χ1) is 14.4. The molecule has 1 N–H and O–H groups in total. The van der Waals surface area contributed by atoms with Crippen LogP contribution in [0.5, 0.6) is 0 Å². The molecule has 1 unspecified atom stereocenters. The van der Waals surface area contributed by atoms with Crippen molar-refractivity contribution >= 4 is 43.5 Å². The lowest BCUT2D eigenvalue weighted by molar-refractivity contribution is -0.139. The number of hydrogen-bond donors (Lipinski definition) is 1. The summed E-state index contributed by atoms with van der Waals surface area (Å²) in [6.07, 6.45) is 1.07. The molecule has 0 radical (unpaired) electrons. The Morgan fingerprint density at radius 3 is 2.26 bits per heavy atom. The number of amides is 2. The Kier molecular flexibility index (Phi) is 8.25. The van der Waals surface area contributed by atoms with Crippen LogP contribution in [0, 0.1) is 13.8 Å². The van der Waals surface area contributed by atoms with Crippen LogP contribution in [0.25, 0.3) is 0 Å². The van der Waals surface area contributed by atoms with Crippen LogP contribution in [-0.4, -0.2) is 51.0 Å². The van der Waals surface area contributed by atoms with Gasteiger partial charge in [0.25, 0.3) is 0 Å². The minimum Gasteiger partial charge on any atom is -0.357 e. The first-order valence-corrected chi connectivity index (χ1v) is 12.4. The molecule has 1 atom stereocenters. The molecule has 2 amide bonds. The van der Waals surface area contributed by atoms with Crippen molar-refractivity contribution in [1.82, 2.24) is 10.2 Å². The SMILES string of the molecule is CNC(=O)C(C)N(Cc1ccc(Br)cc1)C(=O)CN(c1cc(C)ccc1C)S(C)(=O)=O. The number of nitrogens with one attached hydrogen (secondary N) is 1. The third-order valence-electron chi connectivity index (χ3n) is 4.99. The van der Waals surface area contributed by atoms with Crippen LogP contribution < -0.4 is 9.62 Å². The Morgan fingerprint density at radius 1 is 1.10 bits per heavy atom. The maximum atomic E-state index is 13.3. The van der Waals surface area contributed by atoms with E-state index in [9.17, 15) is 18.0 Å². The number of halogens is 1. The van der Waals surface area contributed by atoms with Crippen LogP contribution in [0.2, 0.25) is 0 Å². The van der Waals surface area contributed by atoms with Crippen LogP contribution in [0.4, 0.5) is 5.69 Å². The molecule has 0 fully saturated rings. The van der Waals surface area contributed by atoms with Crippen molar-refractivity contribution in [2.24, 2.45) is 0 Å². The quantitative estimate of drug-likeness (QED) is 0.592. The van der Waals surface area contributed by atoms with E-state index in [1.807, 2.05) is 43.3 Å². The molecular weight excluding hydrogens is 482 g/mol. The summed E-state index contributed by atoms with van der Waals surface area (Å²) in [6, 6.07) is 12.1. The largest absolute Gasteiger partial charge is 0.357 e. The zero-order valence-electron chi connectivity index (χ0n) is 18.3. The minimum atomic E-state index is -3.74. The number of nitrogens with zero attached hydrogens (tertiary/aromatic N) is 2. The number of anilines is 1. The van der Waals surface area contributed by atoms with Crippen molar-refractivity contribution < 1.29 is 18.0 Å². The second-order valence-electron chi connectivity index (χ2n) is 7.50. The number of carbonyl (C=O) groups is 2. The van der Waals surface area contributed by atoms with E-state index >= 15 is 0 Å².